The molecule has 2 heteroatoms. The van der Waals surface area contributed by atoms with Crippen molar-refractivity contribution in [3.8, 4) is 0 Å². The Hall–Kier alpha value is -1.15. The van der Waals surface area contributed by atoms with Gasteiger partial charge in [0.25, 0.3) is 0 Å². The summed E-state index contributed by atoms with van der Waals surface area (Å²) in [7, 11) is 0. The van der Waals surface area contributed by atoms with Gasteiger partial charge in [-0.05, 0) is 42.7 Å². The summed E-state index contributed by atoms with van der Waals surface area (Å²) in [6, 6.07) is 8.35. The van der Waals surface area contributed by atoms with Crippen molar-refractivity contribution in [1.82, 2.24) is 0 Å². The minimum atomic E-state index is -0.804. The Morgan fingerprint density at radius 1 is 1.47 bits per heavy atom. The molecule has 0 saturated carbocycles. The summed E-state index contributed by atoms with van der Waals surface area (Å²) in [4.78, 5) is 10.4. The number of aryl methyl sites for hydroxylation is 1. The van der Waals surface area contributed by atoms with E-state index in [-0.39, 0.29) is 0 Å². The van der Waals surface area contributed by atoms with Gasteiger partial charge >= 0.3 is 0 Å². The highest BCUT2D eigenvalue weighted by Gasteiger charge is 2.21. The van der Waals surface area contributed by atoms with Crippen LogP contribution in [0.2, 0.25) is 0 Å². The lowest BCUT2D eigenvalue weighted by Crippen LogP contribution is -2.17. The Balaban J connectivity index is 2.18. The molecule has 2 nitrogen and oxygen atoms in total. The number of benzene rings is 1. The molecule has 0 amide bonds. The van der Waals surface area contributed by atoms with Gasteiger partial charge in [-0.25, -0.2) is 0 Å². The first kappa shape index (κ1) is 10.4. The first-order valence-electron chi connectivity index (χ1n) is 5.52. The van der Waals surface area contributed by atoms with Gasteiger partial charge < -0.3 is 9.90 Å². The van der Waals surface area contributed by atoms with E-state index < -0.39 is 6.10 Å². The SMILES string of the molecule is O=CC(O)CC1CCCc2ccccc21. The van der Waals surface area contributed by atoms with Gasteiger partial charge in [-0.15, -0.1) is 0 Å². The Bertz CT molecular complexity index is 346. The van der Waals surface area contributed by atoms with Crippen LogP contribution in [0.3, 0.4) is 0 Å². The third-order valence-corrected chi connectivity index (χ3v) is 3.18. The number of aldehydes is 1. The van der Waals surface area contributed by atoms with Gasteiger partial charge in [0.15, 0.2) is 0 Å². The van der Waals surface area contributed by atoms with Crippen LogP contribution in [0.15, 0.2) is 24.3 Å². The lowest BCUT2D eigenvalue weighted by atomic mass is 9.80. The molecule has 0 heterocycles. The molecule has 1 N–H and O–H groups in total. The molecule has 2 unspecified atom stereocenters. The molecule has 2 rings (SSSR count). The zero-order chi connectivity index (χ0) is 10.7. The second-order valence-corrected chi connectivity index (χ2v) is 4.23. The van der Waals surface area contributed by atoms with E-state index >= 15 is 0 Å². The van der Waals surface area contributed by atoms with Crippen molar-refractivity contribution in [2.45, 2.75) is 37.7 Å². The lowest BCUT2D eigenvalue weighted by molar-refractivity contribution is -0.115. The van der Waals surface area contributed by atoms with Crippen molar-refractivity contribution >= 4 is 6.29 Å². The van der Waals surface area contributed by atoms with E-state index in [0.29, 0.717) is 18.6 Å². The van der Waals surface area contributed by atoms with Gasteiger partial charge in [0.2, 0.25) is 0 Å². The molecule has 80 valence electrons. The van der Waals surface area contributed by atoms with E-state index in [0.717, 1.165) is 19.3 Å². The number of carbonyl (C=O) groups excluding carboxylic acids is 1. The van der Waals surface area contributed by atoms with Crippen molar-refractivity contribution in [1.29, 1.82) is 0 Å². The Morgan fingerprint density at radius 3 is 3.07 bits per heavy atom. The first-order valence-corrected chi connectivity index (χ1v) is 5.52. The molecule has 1 aliphatic carbocycles. The molecule has 0 spiro atoms. The normalized spacial score (nSPS) is 21.8. The van der Waals surface area contributed by atoms with Crippen molar-refractivity contribution in [2.75, 3.05) is 0 Å². The van der Waals surface area contributed by atoms with E-state index in [1.807, 2.05) is 6.07 Å². The molecule has 1 aliphatic rings. The summed E-state index contributed by atoms with van der Waals surface area (Å²) in [6.07, 6.45) is 3.78. The molecule has 0 radical (unpaired) electrons. The predicted octanol–water partition coefficient (Wildman–Crippen LogP) is 2.06. The minimum absolute atomic E-state index is 0.357. The fourth-order valence-electron chi connectivity index (χ4n) is 2.45. The van der Waals surface area contributed by atoms with Gasteiger partial charge in [0.05, 0.1) is 0 Å². The topological polar surface area (TPSA) is 37.3 Å². The molecule has 15 heavy (non-hydrogen) atoms. The van der Waals surface area contributed by atoms with E-state index in [1.54, 1.807) is 0 Å². The average molecular weight is 204 g/mol. The molecule has 0 aliphatic heterocycles. The molecule has 1 aromatic rings. The van der Waals surface area contributed by atoms with E-state index in [2.05, 4.69) is 18.2 Å². The van der Waals surface area contributed by atoms with Crippen LogP contribution in [0.1, 0.15) is 36.3 Å². The largest absolute Gasteiger partial charge is 0.386 e. The van der Waals surface area contributed by atoms with E-state index in [9.17, 15) is 9.90 Å². The fraction of sp³-hybridized carbons (Fsp3) is 0.462. The number of aliphatic hydroxyl groups excluding tert-OH is 1. The van der Waals surface area contributed by atoms with Gasteiger partial charge in [-0.1, -0.05) is 24.3 Å². The number of carbonyl (C=O) groups is 1. The molecule has 1 aromatic carbocycles. The highest BCUT2D eigenvalue weighted by Crippen LogP contribution is 2.34. The number of hydrogen-bond acceptors (Lipinski definition) is 2. The van der Waals surface area contributed by atoms with E-state index in [4.69, 9.17) is 0 Å². The zero-order valence-corrected chi connectivity index (χ0v) is 8.73. The van der Waals surface area contributed by atoms with Gasteiger partial charge in [-0.3, -0.25) is 0 Å². The maximum atomic E-state index is 10.4. The molecule has 0 aromatic heterocycles. The van der Waals surface area contributed by atoms with Crippen molar-refractivity contribution < 1.29 is 9.90 Å². The van der Waals surface area contributed by atoms with Crippen molar-refractivity contribution in [3.63, 3.8) is 0 Å². The number of hydrogen-bond donors (Lipinski definition) is 1. The van der Waals surface area contributed by atoms with Crippen molar-refractivity contribution in [2.24, 2.45) is 0 Å². The van der Waals surface area contributed by atoms with Crippen LogP contribution in [0.5, 0.6) is 0 Å². The molecule has 0 bridgehead atoms. The van der Waals surface area contributed by atoms with Crippen LogP contribution in [0, 0.1) is 0 Å². The molecule has 0 fully saturated rings. The second-order valence-electron chi connectivity index (χ2n) is 4.23. The summed E-state index contributed by atoms with van der Waals surface area (Å²) in [6.45, 7) is 0. The highest BCUT2D eigenvalue weighted by atomic mass is 16.3. The first-order chi connectivity index (χ1) is 7.31. The molecule has 0 saturated heterocycles. The van der Waals surface area contributed by atoms with Crippen LogP contribution >= 0.6 is 0 Å². The third-order valence-electron chi connectivity index (χ3n) is 3.18. The maximum Gasteiger partial charge on any atom is 0.148 e. The molecule has 2 atom stereocenters. The standard InChI is InChI=1S/C13H16O2/c14-9-12(15)8-11-6-3-5-10-4-1-2-7-13(10)11/h1-2,4,7,9,11-12,15H,3,5-6,8H2. The van der Waals surface area contributed by atoms with Gasteiger partial charge in [0, 0.05) is 0 Å². The van der Waals surface area contributed by atoms with Crippen LogP contribution < -0.4 is 0 Å². The smallest absolute Gasteiger partial charge is 0.148 e. The summed E-state index contributed by atoms with van der Waals surface area (Å²) in [5.74, 6) is 0.357. The Kier molecular flexibility index (Phi) is 3.17. The third kappa shape index (κ3) is 2.26. The number of rotatable bonds is 3. The van der Waals surface area contributed by atoms with Crippen LogP contribution in [0.4, 0.5) is 0 Å². The Morgan fingerprint density at radius 2 is 2.27 bits per heavy atom. The summed E-state index contributed by atoms with van der Waals surface area (Å²) in [5.41, 5.74) is 2.71. The summed E-state index contributed by atoms with van der Waals surface area (Å²) in [5, 5.41) is 9.37. The van der Waals surface area contributed by atoms with Crippen LogP contribution in [-0.4, -0.2) is 17.5 Å². The quantitative estimate of drug-likeness (QED) is 0.765. The summed E-state index contributed by atoms with van der Waals surface area (Å²) < 4.78 is 0. The maximum absolute atomic E-state index is 10.4. The fourth-order valence-corrected chi connectivity index (χ4v) is 2.45. The second kappa shape index (κ2) is 4.58. The minimum Gasteiger partial charge on any atom is -0.386 e. The summed E-state index contributed by atoms with van der Waals surface area (Å²) >= 11 is 0. The van der Waals surface area contributed by atoms with Crippen LogP contribution in [0.25, 0.3) is 0 Å². The monoisotopic (exact) mass is 204 g/mol. The predicted molar refractivity (Wildman–Crippen MR) is 58.8 cm³/mol. The molecular formula is C13H16O2. The van der Waals surface area contributed by atoms with Crippen molar-refractivity contribution in [3.05, 3.63) is 35.4 Å². The highest BCUT2D eigenvalue weighted by molar-refractivity contribution is 5.55. The number of fused-ring (bicyclic) bond motifs is 1. The van der Waals surface area contributed by atoms with E-state index in [1.165, 1.54) is 11.1 Å². The molecular weight excluding hydrogens is 188 g/mol. The number of aliphatic hydroxyl groups is 1. The zero-order valence-electron chi connectivity index (χ0n) is 8.73. The van der Waals surface area contributed by atoms with Gasteiger partial charge in [0.1, 0.15) is 12.4 Å². The lowest BCUT2D eigenvalue weighted by Gasteiger charge is -2.25. The van der Waals surface area contributed by atoms with Crippen LogP contribution in [-0.2, 0) is 11.2 Å². The Labute approximate surface area is 89.9 Å². The van der Waals surface area contributed by atoms with Gasteiger partial charge in [-0.2, -0.15) is 0 Å². The average Bonchev–Trinajstić information content (AvgIpc) is 2.29.